The molecule has 1 N–H and O–H groups in total. The summed E-state index contributed by atoms with van der Waals surface area (Å²) in [7, 11) is 0. The number of para-hydroxylation sites is 1. The van der Waals surface area contributed by atoms with Crippen LogP contribution in [-0.4, -0.2) is 21.3 Å². The molecule has 28 heavy (non-hydrogen) atoms. The molecule has 0 radical (unpaired) electrons. The number of hydrogen-bond acceptors (Lipinski definition) is 4. The maximum absolute atomic E-state index is 10.00. The summed E-state index contributed by atoms with van der Waals surface area (Å²) in [5, 5.41) is 10.00. The molecule has 1 aromatic heterocycles. The molecule has 2 aromatic carbocycles. The van der Waals surface area contributed by atoms with Crippen molar-refractivity contribution in [2.75, 3.05) is 0 Å². The van der Waals surface area contributed by atoms with Gasteiger partial charge in [0.2, 0.25) is 5.95 Å². The number of aromatic hydroxyl groups is 1. The van der Waals surface area contributed by atoms with E-state index in [0.717, 1.165) is 23.4 Å². The van der Waals surface area contributed by atoms with Crippen LogP contribution in [0.4, 0.5) is 5.95 Å². The Labute approximate surface area is 165 Å². The van der Waals surface area contributed by atoms with Crippen molar-refractivity contribution in [1.82, 2.24) is 9.97 Å². The van der Waals surface area contributed by atoms with Crippen LogP contribution in [0.3, 0.4) is 0 Å². The van der Waals surface area contributed by atoms with Crippen molar-refractivity contribution < 1.29 is 5.11 Å². The molecule has 0 saturated heterocycles. The molecule has 3 aromatic rings. The molecule has 140 valence electrons. The van der Waals surface area contributed by atoms with Gasteiger partial charge in [0.05, 0.1) is 11.4 Å². The van der Waals surface area contributed by atoms with Crippen molar-refractivity contribution in [3.63, 3.8) is 0 Å². The molecule has 1 heterocycles. The second kappa shape index (κ2) is 6.26. The quantitative estimate of drug-likeness (QED) is 0.639. The topological polar surface area (TPSA) is 58.4 Å². The lowest BCUT2D eigenvalue weighted by Gasteiger charge is -2.56. The summed E-state index contributed by atoms with van der Waals surface area (Å²) in [6, 6.07) is 17.5. The Morgan fingerprint density at radius 1 is 1.04 bits per heavy atom. The molecule has 0 amide bonds. The number of benzene rings is 2. The largest absolute Gasteiger partial charge is 0.507 e. The summed E-state index contributed by atoms with van der Waals surface area (Å²) in [5.74, 6) is 1.83. The minimum Gasteiger partial charge on any atom is -0.507 e. The van der Waals surface area contributed by atoms with Crippen molar-refractivity contribution in [3.8, 4) is 17.0 Å². The van der Waals surface area contributed by atoms with Crippen LogP contribution in [0.15, 0.2) is 59.6 Å². The van der Waals surface area contributed by atoms with Crippen molar-refractivity contribution in [2.45, 2.75) is 32.6 Å². The van der Waals surface area contributed by atoms with E-state index < -0.39 is 0 Å². The summed E-state index contributed by atoms with van der Waals surface area (Å²) in [6.07, 6.45) is 3.88. The zero-order valence-corrected chi connectivity index (χ0v) is 16.1. The first-order valence-electron chi connectivity index (χ1n) is 9.82. The zero-order chi connectivity index (χ0) is 19.3. The van der Waals surface area contributed by atoms with Crippen LogP contribution in [-0.2, 0) is 6.42 Å². The Balaban J connectivity index is 1.63. The molecule has 0 aliphatic heterocycles. The fourth-order valence-electron chi connectivity index (χ4n) is 4.67. The maximum Gasteiger partial charge on any atom is 0.250 e. The summed E-state index contributed by atoms with van der Waals surface area (Å²) in [4.78, 5) is 14.2. The normalized spacial score (nSPS) is 21.9. The van der Waals surface area contributed by atoms with Gasteiger partial charge in [-0.2, -0.15) is 0 Å². The van der Waals surface area contributed by atoms with E-state index >= 15 is 0 Å². The van der Waals surface area contributed by atoms with E-state index in [1.807, 2.05) is 30.3 Å². The number of phenols is 1. The minimum atomic E-state index is 0.204. The second-order valence-corrected chi connectivity index (χ2v) is 8.43. The van der Waals surface area contributed by atoms with Gasteiger partial charge in [0, 0.05) is 28.8 Å². The van der Waals surface area contributed by atoms with E-state index in [2.05, 4.69) is 31.0 Å². The van der Waals surface area contributed by atoms with Gasteiger partial charge in [-0.25, -0.2) is 15.0 Å². The van der Waals surface area contributed by atoms with E-state index in [1.165, 1.54) is 12.0 Å². The Kier molecular flexibility index (Phi) is 3.83. The molecule has 0 spiro atoms. The molecule has 6 rings (SSSR count). The third kappa shape index (κ3) is 2.63. The SMILES string of the molecule is CC1(C)C2Cc3c(-c4ccccc4)nc(/N=C/c4ccccc4O)nc3C1C2. The lowest BCUT2D eigenvalue weighted by Crippen LogP contribution is -2.48. The van der Waals surface area contributed by atoms with Gasteiger partial charge in [0.25, 0.3) is 0 Å². The van der Waals surface area contributed by atoms with Crippen LogP contribution < -0.4 is 0 Å². The predicted molar refractivity (Wildman–Crippen MR) is 111 cm³/mol. The van der Waals surface area contributed by atoms with Gasteiger partial charge in [-0.05, 0) is 36.3 Å². The van der Waals surface area contributed by atoms with Crippen LogP contribution in [0.1, 0.15) is 43.0 Å². The van der Waals surface area contributed by atoms with Gasteiger partial charge in [0.15, 0.2) is 0 Å². The zero-order valence-electron chi connectivity index (χ0n) is 16.1. The standard InChI is InChI=1S/C24H23N3O/c1-24(2)17-12-18-21(15-8-4-3-5-9-15)26-23(27-22(18)19(24)13-17)25-14-16-10-6-7-11-20(16)28/h3-11,14,17,19,28H,12-13H2,1-2H3/b25-14+. The average Bonchev–Trinajstić information content (AvgIpc) is 2.72. The number of nitrogens with zero attached hydrogens (tertiary/aromatic N) is 3. The second-order valence-electron chi connectivity index (χ2n) is 8.43. The number of rotatable bonds is 3. The third-order valence-corrected chi connectivity index (χ3v) is 6.58. The molecule has 3 aliphatic rings. The molecule has 4 nitrogen and oxygen atoms in total. The first kappa shape index (κ1) is 17.1. The van der Waals surface area contributed by atoms with Gasteiger partial charge in [-0.15, -0.1) is 0 Å². The summed E-state index contributed by atoms with van der Waals surface area (Å²) >= 11 is 0. The van der Waals surface area contributed by atoms with E-state index in [4.69, 9.17) is 9.97 Å². The Bertz CT molecular complexity index is 1070. The van der Waals surface area contributed by atoms with Crippen LogP contribution >= 0.6 is 0 Å². The molecule has 1 fully saturated rings. The lowest BCUT2D eigenvalue weighted by molar-refractivity contribution is 0.0156. The van der Waals surface area contributed by atoms with Crippen molar-refractivity contribution in [3.05, 3.63) is 71.4 Å². The molecule has 2 unspecified atom stereocenters. The number of aliphatic imine (C=N–C) groups is 1. The maximum atomic E-state index is 10.00. The number of hydrogen-bond donors (Lipinski definition) is 1. The molecule has 2 bridgehead atoms. The highest BCUT2D eigenvalue weighted by molar-refractivity contribution is 5.84. The monoisotopic (exact) mass is 369 g/mol. The summed E-state index contributed by atoms with van der Waals surface area (Å²) in [5.41, 5.74) is 5.50. The Hall–Kier alpha value is -3.01. The fraction of sp³-hybridized carbons (Fsp3) is 0.292. The third-order valence-electron chi connectivity index (χ3n) is 6.58. The van der Waals surface area contributed by atoms with Gasteiger partial charge >= 0.3 is 0 Å². The van der Waals surface area contributed by atoms with Gasteiger partial charge < -0.3 is 5.11 Å². The van der Waals surface area contributed by atoms with E-state index in [1.54, 1.807) is 18.3 Å². The van der Waals surface area contributed by atoms with Crippen molar-refractivity contribution in [1.29, 1.82) is 0 Å². The van der Waals surface area contributed by atoms with Gasteiger partial charge in [0.1, 0.15) is 5.75 Å². The molecule has 3 aliphatic carbocycles. The molecule has 1 saturated carbocycles. The summed E-state index contributed by atoms with van der Waals surface area (Å²) in [6.45, 7) is 4.70. The molecular formula is C24H23N3O. The minimum absolute atomic E-state index is 0.204. The van der Waals surface area contributed by atoms with Gasteiger partial charge in [-0.3, -0.25) is 0 Å². The smallest absolute Gasteiger partial charge is 0.250 e. The number of phenolic OH excluding ortho intramolecular Hbond substituents is 1. The van der Waals surface area contributed by atoms with Crippen molar-refractivity contribution >= 4 is 12.2 Å². The fourth-order valence-corrected chi connectivity index (χ4v) is 4.67. The van der Waals surface area contributed by atoms with Gasteiger partial charge in [-0.1, -0.05) is 56.3 Å². The van der Waals surface area contributed by atoms with E-state index in [9.17, 15) is 5.11 Å². The first-order valence-corrected chi connectivity index (χ1v) is 9.82. The molecule has 2 atom stereocenters. The Morgan fingerprint density at radius 2 is 1.79 bits per heavy atom. The Morgan fingerprint density at radius 3 is 2.54 bits per heavy atom. The highest BCUT2D eigenvalue weighted by atomic mass is 16.3. The molecular weight excluding hydrogens is 346 g/mol. The van der Waals surface area contributed by atoms with Crippen LogP contribution in [0.2, 0.25) is 0 Å². The highest BCUT2D eigenvalue weighted by Gasteiger charge is 2.54. The highest BCUT2D eigenvalue weighted by Crippen LogP contribution is 2.62. The van der Waals surface area contributed by atoms with Crippen LogP contribution in [0.5, 0.6) is 5.75 Å². The average molecular weight is 369 g/mol. The molecule has 4 heteroatoms. The van der Waals surface area contributed by atoms with E-state index in [0.29, 0.717) is 23.3 Å². The number of aromatic nitrogens is 2. The van der Waals surface area contributed by atoms with Crippen LogP contribution in [0, 0.1) is 11.3 Å². The lowest BCUT2D eigenvalue weighted by atomic mass is 9.48. The van der Waals surface area contributed by atoms with Crippen molar-refractivity contribution in [2.24, 2.45) is 16.3 Å². The predicted octanol–water partition coefficient (Wildman–Crippen LogP) is 5.29. The van der Waals surface area contributed by atoms with E-state index in [-0.39, 0.29) is 11.2 Å². The summed E-state index contributed by atoms with van der Waals surface area (Å²) < 4.78 is 0. The first-order chi connectivity index (χ1) is 13.5. The van der Waals surface area contributed by atoms with Crippen LogP contribution in [0.25, 0.3) is 11.3 Å².